The highest BCUT2D eigenvalue weighted by atomic mass is 79.9. The predicted molar refractivity (Wildman–Crippen MR) is 94.1 cm³/mol. The number of nitrogens with zero attached hydrogens (tertiary/aromatic N) is 1. The van der Waals surface area contributed by atoms with Crippen LogP contribution < -0.4 is 5.32 Å². The largest absolute Gasteiger partial charge is 0.314 e. The topological polar surface area (TPSA) is 15.3 Å². The summed E-state index contributed by atoms with van der Waals surface area (Å²) in [5.74, 6) is 0. The van der Waals surface area contributed by atoms with Crippen molar-refractivity contribution in [1.29, 1.82) is 0 Å². The van der Waals surface area contributed by atoms with Gasteiger partial charge in [0.1, 0.15) is 0 Å². The first-order chi connectivity index (χ1) is 10.3. The van der Waals surface area contributed by atoms with Gasteiger partial charge in [-0.25, -0.2) is 0 Å². The number of hydrogen-bond acceptors (Lipinski definition) is 3. The van der Waals surface area contributed by atoms with E-state index in [1.807, 2.05) is 11.3 Å². The minimum absolute atomic E-state index is 0.384. The molecule has 1 aromatic heterocycles. The molecule has 1 atom stereocenters. The second kappa shape index (κ2) is 7.05. The van der Waals surface area contributed by atoms with Crippen LogP contribution >= 0.6 is 27.3 Å². The van der Waals surface area contributed by atoms with Crippen LogP contribution in [0.4, 0.5) is 0 Å². The molecule has 0 aliphatic carbocycles. The Labute approximate surface area is 139 Å². The maximum atomic E-state index is 3.61. The van der Waals surface area contributed by atoms with Gasteiger partial charge < -0.3 is 5.32 Å². The fraction of sp³-hybridized carbons (Fsp3) is 0.412. The summed E-state index contributed by atoms with van der Waals surface area (Å²) in [7, 11) is 0. The molecule has 1 saturated heterocycles. The minimum atomic E-state index is 0.384. The van der Waals surface area contributed by atoms with Crippen LogP contribution in [0, 0.1) is 0 Å². The van der Waals surface area contributed by atoms with Crippen LogP contribution in [0.2, 0.25) is 0 Å². The van der Waals surface area contributed by atoms with Crippen LogP contribution in [0.25, 0.3) is 0 Å². The van der Waals surface area contributed by atoms with Gasteiger partial charge in [-0.1, -0.05) is 31.2 Å². The van der Waals surface area contributed by atoms with Crippen molar-refractivity contribution in [2.24, 2.45) is 0 Å². The molecule has 0 saturated carbocycles. The lowest BCUT2D eigenvalue weighted by atomic mass is 10.0. The average molecular weight is 365 g/mol. The van der Waals surface area contributed by atoms with Gasteiger partial charge in [-0.05, 0) is 45.6 Å². The van der Waals surface area contributed by atoms with Gasteiger partial charge in [-0.15, -0.1) is 11.3 Å². The number of aryl methyl sites for hydroxylation is 1. The second-order valence-corrected chi connectivity index (χ2v) is 7.92. The van der Waals surface area contributed by atoms with E-state index in [1.54, 1.807) is 0 Å². The van der Waals surface area contributed by atoms with Gasteiger partial charge in [0.15, 0.2) is 0 Å². The van der Waals surface area contributed by atoms with Crippen molar-refractivity contribution < 1.29 is 0 Å². The van der Waals surface area contributed by atoms with E-state index < -0.39 is 0 Å². The Morgan fingerprint density at radius 2 is 1.86 bits per heavy atom. The van der Waals surface area contributed by atoms with E-state index in [4.69, 9.17) is 0 Å². The molecule has 0 spiro atoms. The van der Waals surface area contributed by atoms with Gasteiger partial charge in [0, 0.05) is 31.1 Å². The van der Waals surface area contributed by atoms with Crippen LogP contribution in [0.5, 0.6) is 0 Å². The molecule has 3 rings (SSSR count). The number of nitrogens with one attached hydrogen (secondary N) is 1. The summed E-state index contributed by atoms with van der Waals surface area (Å²) >= 11 is 5.46. The summed E-state index contributed by atoms with van der Waals surface area (Å²) in [6.07, 6.45) is 1.10. The lowest BCUT2D eigenvalue weighted by Gasteiger charge is -2.34. The molecule has 1 N–H and O–H groups in total. The first kappa shape index (κ1) is 15.2. The van der Waals surface area contributed by atoms with Gasteiger partial charge in [-0.3, -0.25) is 4.90 Å². The zero-order valence-electron chi connectivity index (χ0n) is 12.3. The summed E-state index contributed by atoms with van der Waals surface area (Å²) in [6, 6.07) is 14.0. The monoisotopic (exact) mass is 364 g/mol. The Balaban J connectivity index is 1.93. The molecule has 1 aliphatic heterocycles. The molecule has 0 amide bonds. The van der Waals surface area contributed by atoms with Crippen LogP contribution in [0.3, 0.4) is 0 Å². The number of rotatable bonds is 4. The third-order valence-electron chi connectivity index (χ3n) is 4.08. The maximum Gasteiger partial charge on any atom is 0.0702 e. The Kier molecular flexibility index (Phi) is 5.11. The Morgan fingerprint density at radius 3 is 2.43 bits per heavy atom. The highest BCUT2D eigenvalue weighted by Gasteiger charge is 2.25. The Morgan fingerprint density at radius 1 is 1.14 bits per heavy atom. The van der Waals surface area contributed by atoms with E-state index >= 15 is 0 Å². The Bertz CT molecular complexity index is 573. The first-order valence-corrected chi connectivity index (χ1v) is 9.17. The van der Waals surface area contributed by atoms with E-state index in [0.29, 0.717) is 6.04 Å². The van der Waals surface area contributed by atoms with E-state index in [9.17, 15) is 0 Å². The number of halogens is 1. The predicted octanol–water partition coefficient (Wildman–Crippen LogP) is 4.07. The van der Waals surface area contributed by atoms with Crippen molar-refractivity contribution in [2.45, 2.75) is 19.4 Å². The third-order valence-corrected chi connectivity index (χ3v) is 5.76. The standard InChI is InChI=1S/C17H21BrN2S/c1-2-13-3-5-14(6-4-13)17(15-7-8-16(18)21-15)20-11-9-19-10-12-20/h3-8,17,19H,2,9-12H2,1H3. The zero-order chi connectivity index (χ0) is 14.7. The second-order valence-electron chi connectivity index (χ2n) is 5.43. The summed E-state index contributed by atoms with van der Waals surface area (Å²) < 4.78 is 1.21. The highest BCUT2D eigenvalue weighted by molar-refractivity contribution is 9.11. The zero-order valence-corrected chi connectivity index (χ0v) is 14.7. The van der Waals surface area contributed by atoms with Gasteiger partial charge in [0.25, 0.3) is 0 Å². The highest BCUT2D eigenvalue weighted by Crippen LogP contribution is 2.35. The van der Waals surface area contributed by atoms with E-state index in [0.717, 1.165) is 32.6 Å². The van der Waals surface area contributed by atoms with Gasteiger partial charge >= 0.3 is 0 Å². The molecular formula is C17H21BrN2S. The lowest BCUT2D eigenvalue weighted by Crippen LogP contribution is -2.45. The van der Waals surface area contributed by atoms with E-state index in [2.05, 4.69) is 69.5 Å². The number of hydrogen-bond donors (Lipinski definition) is 1. The molecule has 1 aromatic carbocycles. The molecule has 4 heteroatoms. The molecule has 1 unspecified atom stereocenters. The maximum absolute atomic E-state index is 3.61. The Hall–Kier alpha value is -0.680. The van der Waals surface area contributed by atoms with Crippen molar-refractivity contribution in [1.82, 2.24) is 10.2 Å². The van der Waals surface area contributed by atoms with Crippen LogP contribution in [-0.2, 0) is 6.42 Å². The molecule has 1 aliphatic rings. The molecule has 112 valence electrons. The average Bonchev–Trinajstić information content (AvgIpc) is 2.95. The van der Waals surface area contributed by atoms with Crippen LogP contribution in [0.15, 0.2) is 40.2 Å². The summed E-state index contributed by atoms with van der Waals surface area (Å²) in [5.41, 5.74) is 2.81. The van der Waals surface area contributed by atoms with Crippen molar-refractivity contribution in [3.63, 3.8) is 0 Å². The molecule has 21 heavy (non-hydrogen) atoms. The molecule has 1 fully saturated rings. The van der Waals surface area contributed by atoms with Gasteiger partial charge in [0.2, 0.25) is 0 Å². The fourth-order valence-electron chi connectivity index (χ4n) is 2.91. The van der Waals surface area contributed by atoms with Crippen molar-refractivity contribution in [2.75, 3.05) is 26.2 Å². The van der Waals surface area contributed by atoms with Crippen LogP contribution in [-0.4, -0.2) is 31.1 Å². The normalized spacial score (nSPS) is 17.8. The van der Waals surface area contributed by atoms with E-state index in [1.165, 1.54) is 19.8 Å². The van der Waals surface area contributed by atoms with Crippen molar-refractivity contribution >= 4 is 27.3 Å². The van der Waals surface area contributed by atoms with Gasteiger partial charge in [0.05, 0.1) is 9.83 Å². The van der Waals surface area contributed by atoms with Crippen LogP contribution in [0.1, 0.15) is 29.0 Å². The third kappa shape index (κ3) is 3.57. The lowest BCUT2D eigenvalue weighted by molar-refractivity contribution is 0.200. The van der Waals surface area contributed by atoms with Gasteiger partial charge in [-0.2, -0.15) is 0 Å². The van der Waals surface area contributed by atoms with E-state index in [-0.39, 0.29) is 0 Å². The molecule has 2 nitrogen and oxygen atoms in total. The molecule has 2 heterocycles. The number of benzene rings is 1. The summed E-state index contributed by atoms with van der Waals surface area (Å²) in [6.45, 7) is 6.58. The molecule has 0 radical (unpaired) electrons. The SMILES string of the molecule is CCc1ccc(C(c2ccc(Br)s2)N2CCNCC2)cc1. The first-order valence-electron chi connectivity index (χ1n) is 7.57. The molecule has 2 aromatic rings. The number of thiophene rings is 1. The van der Waals surface area contributed by atoms with Crippen molar-refractivity contribution in [3.8, 4) is 0 Å². The minimum Gasteiger partial charge on any atom is -0.314 e. The smallest absolute Gasteiger partial charge is 0.0702 e. The fourth-order valence-corrected chi connectivity index (χ4v) is 4.49. The number of piperazine rings is 1. The molecular weight excluding hydrogens is 344 g/mol. The van der Waals surface area contributed by atoms with Crippen molar-refractivity contribution in [3.05, 3.63) is 56.2 Å². The summed E-state index contributed by atoms with van der Waals surface area (Å²) in [5, 5.41) is 3.45. The summed E-state index contributed by atoms with van der Waals surface area (Å²) in [4.78, 5) is 4.02. The molecule has 0 bridgehead atoms. The quantitative estimate of drug-likeness (QED) is 0.879.